The van der Waals surface area contributed by atoms with E-state index in [1.807, 2.05) is 71.6 Å². The van der Waals surface area contributed by atoms with E-state index in [-0.39, 0.29) is 0 Å². The molecule has 3 aromatic carbocycles. The number of para-hydroxylation sites is 4. The third-order valence-corrected chi connectivity index (χ3v) is 6.05. The molecule has 3 aromatic rings. The zero-order chi connectivity index (χ0) is 20.9. The lowest BCUT2D eigenvalue weighted by molar-refractivity contribution is 0.416. The summed E-state index contributed by atoms with van der Waals surface area (Å²) in [6.45, 7) is 0. The van der Waals surface area contributed by atoms with Crippen LogP contribution in [0.2, 0.25) is 0 Å². The number of ether oxygens (including phenoxy) is 2. The van der Waals surface area contributed by atoms with E-state index in [1.165, 1.54) is 11.8 Å². The first-order valence-electron chi connectivity index (χ1n) is 9.35. The molecule has 0 bridgehead atoms. The predicted octanol–water partition coefficient (Wildman–Crippen LogP) is 6.31. The summed E-state index contributed by atoms with van der Waals surface area (Å²) in [5, 5.41) is 0.746. The zero-order valence-corrected chi connectivity index (χ0v) is 18.2. The Hall–Kier alpha value is -3.09. The van der Waals surface area contributed by atoms with Crippen molar-refractivity contribution >= 4 is 51.6 Å². The van der Waals surface area contributed by atoms with Gasteiger partial charge in [0.1, 0.15) is 22.2 Å². The summed E-state index contributed by atoms with van der Waals surface area (Å²) < 4.78 is 11.1. The molecule has 0 atom stereocenters. The Morgan fingerprint density at radius 3 is 2.20 bits per heavy atom. The summed E-state index contributed by atoms with van der Waals surface area (Å²) >= 11 is 7.41. The second-order valence-electron chi connectivity index (χ2n) is 6.40. The summed E-state index contributed by atoms with van der Waals surface area (Å²) in [5.74, 6) is 1.44. The van der Waals surface area contributed by atoms with Gasteiger partial charge in [-0.05, 0) is 47.7 Å². The molecule has 0 amide bonds. The predicted molar refractivity (Wildman–Crippen MR) is 130 cm³/mol. The molecule has 4 nitrogen and oxygen atoms in total. The van der Waals surface area contributed by atoms with Crippen molar-refractivity contribution in [2.45, 2.75) is 0 Å². The number of amidine groups is 1. The Labute approximate surface area is 185 Å². The monoisotopic (exact) mass is 432 g/mol. The fraction of sp³-hybridized carbons (Fsp3) is 0.0833. The van der Waals surface area contributed by atoms with Crippen molar-refractivity contribution in [1.82, 2.24) is 0 Å². The minimum absolute atomic E-state index is 0.682. The number of nitrogens with zero attached hydrogens (tertiary/aromatic N) is 2. The third kappa shape index (κ3) is 4.10. The first-order chi connectivity index (χ1) is 14.7. The molecule has 1 heterocycles. The van der Waals surface area contributed by atoms with Crippen LogP contribution in [-0.4, -0.2) is 24.4 Å². The highest BCUT2D eigenvalue weighted by atomic mass is 32.2. The minimum Gasteiger partial charge on any atom is -0.495 e. The maximum absolute atomic E-state index is 5.87. The molecule has 0 aliphatic carbocycles. The first kappa shape index (κ1) is 20.2. The highest BCUT2D eigenvalue weighted by Gasteiger charge is 2.33. The molecule has 30 heavy (non-hydrogen) atoms. The first-order valence-corrected chi connectivity index (χ1v) is 10.6. The number of methoxy groups -OCH3 is 2. The van der Waals surface area contributed by atoms with Gasteiger partial charge in [-0.25, -0.2) is 4.99 Å². The number of rotatable bonds is 5. The van der Waals surface area contributed by atoms with Crippen LogP contribution in [0.15, 0.2) is 88.8 Å². The van der Waals surface area contributed by atoms with Gasteiger partial charge in [-0.3, -0.25) is 4.90 Å². The van der Waals surface area contributed by atoms with Crippen LogP contribution in [0.4, 0.5) is 11.4 Å². The molecule has 1 saturated heterocycles. The van der Waals surface area contributed by atoms with Gasteiger partial charge < -0.3 is 9.47 Å². The molecule has 150 valence electrons. The van der Waals surface area contributed by atoms with Crippen molar-refractivity contribution in [3.63, 3.8) is 0 Å². The zero-order valence-electron chi connectivity index (χ0n) is 16.6. The smallest absolute Gasteiger partial charge is 0.179 e. The van der Waals surface area contributed by atoms with Gasteiger partial charge in [-0.15, -0.1) is 0 Å². The maximum Gasteiger partial charge on any atom is 0.179 e. The maximum atomic E-state index is 5.87. The van der Waals surface area contributed by atoms with Gasteiger partial charge in [-0.1, -0.05) is 66.8 Å². The van der Waals surface area contributed by atoms with E-state index in [0.29, 0.717) is 10.7 Å². The molecule has 0 aromatic heterocycles. The molecule has 0 unspecified atom stereocenters. The number of hydrogen-bond acceptors (Lipinski definition) is 5. The normalized spacial score (nSPS) is 16.3. The lowest BCUT2D eigenvalue weighted by atomic mass is 10.2. The second kappa shape index (κ2) is 9.15. The number of thioether (sulfide) groups is 1. The summed E-state index contributed by atoms with van der Waals surface area (Å²) in [6.07, 6.45) is 2.08. The lowest BCUT2D eigenvalue weighted by Gasteiger charge is -2.20. The Balaban J connectivity index is 1.84. The Bertz CT molecular complexity index is 1130. The van der Waals surface area contributed by atoms with E-state index >= 15 is 0 Å². The van der Waals surface area contributed by atoms with Crippen LogP contribution in [0, 0.1) is 0 Å². The molecule has 0 N–H and O–H groups in total. The quantitative estimate of drug-likeness (QED) is 0.348. The van der Waals surface area contributed by atoms with Crippen molar-refractivity contribution in [2.75, 3.05) is 19.1 Å². The van der Waals surface area contributed by atoms with Crippen LogP contribution in [-0.2, 0) is 0 Å². The molecular weight excluding hydrogens is 412 g/mol. The summed E-state index contributed by atoms with van der Waals surface area (Å²) in [6, 6.07) is 25.6. The van der Waals surface area contributed by atoms with Crippen molar-refractivity contribution < 1.29 is 9.47 Å². The lowest BCUT2D eigenvalue weighted by Crippen LogP contribution is -2.27. The standard InChI is InChI=1S/C24H20N2O2S2/c1-27-20-14-8-6-12-18(20)25-24-26(19-13-7-9-15-21(19)28-2)23(29)22(30-24)16-17-10-4-3-5-11-17/h3-16H,1-2H3/b22-16+,25-24?. The number of benzene rings is 3. The summed E-state index contributed by atoms with van der Waals surface area (Å²) in [7, 11) is 3.30. The van der Waals surface area contributed by atoms with Gasteiger partial charge in [0.15, 0.2) is 5.17 Å². The Morgan fingerprint density at radius 2 is 1.47 bits per heavy atom. The summed E-state index contributed by atoms with van der Waals surface area (Å²) in [4.78, 5) is 8.50. The fourth-order valence-corrected chi connectivity index (χ4v) is 4.52. The van der Waals surface area contributed by atoms with E-state index in [4.69, 9.17) is 26.7 Å². The topological polar surface area (TPSA) is 34.1 Å². The largest absolute Gasteiger partial charge is 0.495 e. The van der Waals surface area contributed by atoms with Gasteiger partial charge in [0, 0.05) is 0 Å². The molecule has 1 fully saturated rings. The van der Waals surface area contributed by atoms with Gasteiger partial charge in [0.25, 0.3) is 0 Å². The van der Waals surface area contributed by atoms with Gasteiger partial charge in [0.05, 0.1) is 24.8 Å². The number of aliphatic imine (C=N–C) groups is 1. The van der Waals surface area contributed by atoms with Crippen LogP contribution in [0.25, 0.3) is 6.08 Å². The third-order valence-electron chi connectivity index (χ3n) is 4.53. The van der Waals surface area contributed by atoms with E-state index in [9.17, 15) is 0 Å². The highest BCUT2D eigenvalue weighted by Crippen LogP contribution is 2.42. The van der Waals surface area contributed by atoms with Crippen molar-refractivity contribution in [2.24, 2.45) is 4.99 Å². The molecule has 0 spiro atoms. The van der Waals surface area contributed by atoms with Crippen molar-refractivity contribution in [1.29, 1.82) is 0 Å². The number of thiocarbonyl (C=S) groups is 1. The van der Waals surface area contributed by atoms with E-state index in [0.717, 1.165) is 32.8 Å². The van der Waals surface area contributed by atoms with E-state index in [2.05, 4.69) is 18.2 Å². The number of hydrogen-bond donors (Lipinski definition) is 0. The van der Waals surface area contributed by atoms with Gasteiger partial charge >= 0.3 is 0 Å². The molecular formula is C24H20N2O2S2. The molecule has 1 aliphatic heterocycles. The SMILES string of the molecule is COc1ccccc1N=C1S/C(=C/c2ccccc2)C(=S)N1c1ccccc1OC. The Kier molecular flexibility index (Phi) is 6.16. The minimum atomic E-state index is 0.682. The van der Waals surface area contributed by atoms with Crippen LogP contribution >= 0.6 is 24.0 Å². The van der Waals surface area contributed by atoms with Crippen LogP contribution in [0.3, 0.4) is 0 Å². The highest BCUT2D eigenvalue weighted by molar-refractivity contribution is 8.20. The molecule has 0 saturated carbocycles. The number of anilines is 1. The second-order valence-corrected chi connectivity index (χ2v) is 7.80. The van der Waals surface area contributed by atoms with Gasteiger partial charge in [-0.2, -0.15) is 0 Å². The average molecular weight is 433 g/mol. The van der Waals surface area contributed by atoms with Crippen LogP contribution < -0.4 is 14.4 Å². The molecule has 0 radical (unpaired) electrons. The molecule has 4 rings (SSSR count). The average Bonchev–Trinajstić information content (AvgIpc) is 3.09. The Morgan fingerprint density at radius 1 is 0.833 bits per heavy atom. The van der Waals surface area contributed by atoms with Gasteiger partial charge in [0.2, 0.25) is 0 Å². The van der Waals surface area contributed by atoms with Crippen molar-refractivity contribution in [3.05, 3.63) is 89.3 Å². The van der Waals surface area contributed by atoms with Crippen LogP contribution in [0.1, 0.15) is 5.56 Å². The van der Waals surface area contributed by atoms with E-state index < -0.39 is 0 Å². The van der Waals surface area contributed by atoms with Crippen LogP contribution in [0.5, 0.6) is 11.5 Å². The fourth-order valence-electron chi connectivity index (χ4n) is 3.10. The summed E-state index contributed by atoms with van der Waals surface area (Å²) in [5.41, 5.74) is 2.68. The molecule has 6 heteroatoms. The van der Waals surface area contributed by atoms with Crippen molar-refractivity contribution in [3.8, 4) is 11.5 Å². The van der Waals surface area contributed by atoms with E-state index in [1.54, 1.807) is 14.2 Å². The molecule has 1 aliphatic rings.